The second kappa shape index (κ2) is 4.26. The molecule has 0 fully saturated rings. The van der Waals surface area contributed by atoms with Crippen LogP contribution >= 0.6 is 0 Å². The molecule has 4 nitrogen and oxygen atoms in total. The van der Waals surface area contributed by atoms with Gasteiger partial charge in [-0.3, -0.25) is 14.1 Å². The van der Waals surface area contributed by atoms with E-state index in [4.69, 9.17) is 4.55 Å². The van der Waals surface area contributed by atoms with Crippen molar-refractivity contribution >= 4 is 21.3 Å². The van der Waals surface area contributed by atoms with E-state index in [2.05, 4.69) is 0 Å². The summed E-state index contributed by atoms with van der Waals surface area (Å²) in [7, 11) is -3.34. The molecule has 0 bridgehead atoms. The lowest BCUT2D eigenvalue weighted by Crippen LogP contribution is -2.30. The highest BCUT2D eigenvalue weighted by molar-refractivity contribution is 7.94. The first-order chi connectivity index (χ1) is 6.55. The number of carbonyl (C=O) groups is 1. The maximum atomic E-state index is 11.3. The molecule has 1 aromatic carbocycles. The fourth-order valence-electron chi connectivity index (χ4n) is 0.840. The van der Waals surface area contributed by atoms with Gasteiger partial charge in [0, 0.05) is 10.9 Å². The molecule has 0 radical (unpaired) electrons. The van der Waals surface area contributed by atoms with Crippen LogP contribution in [0.4, 0.5) is 0 Å². The second-order valence-electron chi connectivity index (χ2n) is 2.60. The second-order valence-corrected chi connectivity index (χ2v) is 4.41. The van der Waals surface area contributed by atoms with E-state index in [1.807, 2.05) is 4.72 Å². The minimum Gasteiger partial charge on any atom is -0.298 e. The van der Waals surface area contributed by atoms with Gasteiger partial charge in [-0.1, -0.05) is 18.2 Å². The van der Waals surface area contributed by atoms with Crippen molar-refractivity contribution in [2.24, 2.45) is 0 Å². The molecule has 0 saturated heterocycles. The van der Waals surface area contributed by atoms with E-state index in [1.165, 1.54) is 6.92 Å². The first-order valence-corrected chi connectivity index (χ1v) is 5.56. The van der Waals surface area contributed by atoms with Crippen molar-refractivity contribution in [1.82, 2.24) is 4.72 Å². The Hall–Kier alpha value is -1.33. The smallest absolute Gasteiger partial charge is 0.264 e. The molecule has 1 rings (SSSR count). The van der Waals surface area contributed by atoms with E-state index in [0.29, 0.717) is 5.56 Å². The molecular weight excluding hydrogens is 202 g/mol. The van der Waals surface area contributed by atoms with Gasteiger partial charge >= 0.3 is 0 Å². The highest BCUT2D eigenvalue weighted by Gasteiger charge is 2.08. The molecule has 0 aliphatic carbocycles. The third-order valence-corrected chi connectivity index (χ3v) is 2.71. The number of benzene rings is 1. The van der Waals surface area contributed by atoms with Crippen LogP contribution in [0, 0.1) is 0 Å². The van der Waals surface area contributed by atoms with Gasteiger partial charge in [-0.25, -0.2) is 4.21 Å². The predicted octanol–water partition coefficient (Wildman–Crippen LogP) is 0.911. The lowest BCUT2D eigenvalue weighted by atomic mass is 10.2. The number of rotatable bonds is 2. The first-order valence-electron chi connectivity index (χ1n) is 3.98. The number of nitrogens with one attached hydrogen (secondary N) is 1. The highest BCUT2D eigenvalue weighted by atomic mass is 32.2. The average Bonchev–Trinajstić information content (AvgIpc) is 2.19. The number of hydrogen-bond acceptors (Lipinski definition) is 2. The van der Waals surface area contributed by atoms with Crippen molar-refractivity contribution in [3.8, 4) is 0 Å². The molecule has 0 aromatic heterocycles. The van der Waals surface area contributed by atoms with E-state index < -0.39 is 15.9 Å². The van der Waals surface area contributed by atoms with Gasteiger partial charge in [0.15, 0.2) is 9.99 Å². The summed E-state index contributed by atoms with van der Waals surface area (Å²) in [5.74, 6) is -0.559. The van der Waals surface area contributed by atoms with Gasteiger partial charge < -0.3 is 0 Å². The summed E-state index contributed by atoms with van der Waals surface area (Å²) in [6, 6.07) is 8.27. The highest BCUT2D eigenvalue weighted by Crippen LogP contribution is 1.98. The number of amides is 1. The summed E-state index contributed by atoms with van der Waals surface area (Å²) < 4.78 is 22.2. The van der Waals surface area contributed by atoms with Gasteiger partial charge in [0.1, 0.15) is 0 Å². The Morgan fingerprint density at radius 2 is 2.00 bits per heavy atom. The Morgan fingerprint density at radius 1 is 1.43 bits per heavy atom. The van der Waals surface area contributed by atoms with Crippen LogP contribution < -0.4 is 4.72 Å². The normalized spacial score (nSPS) is 14.1. The summed E-state index contributed by atoms with van der Waals surface area (Å²) >= 11 is 0. The van der Waals surface area contributed by atoms with Gasteiger partial charge in [-0.05, 0) is 19.1 Å². The van der Waals surface area contributed by atoms with Crippen molar-refractivity contribution in [2.75, 3.05) is 0 Å². The Bertz CT molecular complexity index is 433. The SMILES string of the molecule is CC=S(=O)(O)NC(=O)c1ccccc1. The Kier molecular flexibility index (Phi) is 3.27. The van der Waals surface area contributed by atoms with Crippen molar-refractivity contribution in [3.05, 3.63) is 35.9 Å². The minimum atomic E-state index is -3.34. The Labute approximate surface area is 82.9 Å². The minimum absolute atomic E-state index is 0.358. The third kappa shape index (κ3) is 2.86. The molecule has 0 aliphatic rings. The van der Waals surface area contributed by atoms with Crippen LogP contribution in [0.2, 0.25) is 0 Å². The summed E-state index contributed by atoms with van der Waals surface area (Å²) in [6.07, 6.45) is 0. The van der Waals surface area contributed by atoms with Crippen molar-refractivity contribution in [1.29, 1.82) is 0 Å². The molecule has 1 atom stereocenters. The molecule has 1 amide bonds. The van der Waals surface area contributed by atoms with Crippen LogP contribution in [-0.4, -0.2) is 20.0 Å². The topological polar surface area (TPSA) is 66.4 Å². The summed E-state index contributed by atoms with van der Waals surface area (Å²) in [4.78, 5) is 11.3. The van der Waals surface area contributed by atoms with E-state index in [1.54, 1.807) is 30.3 Å². The zero-order chi connectivity index (χ0) is 10.6. The Morgan fingerprint density at radius 3 is 2.50 bits per heavy atom. The number of hydrogen-bond donors (Lipinski definition) is 2. The average molecular weight is 213 g/mol. The zero-order valence-corrected chi connectivity index (χ0v) is 8.45. The van der Waals surface area contributed by atoms with Gasteiger partial charge in [-0.2, -0.15) is 0 Å². The van der Waals surface area contributed by atoms with Gasteiger partial charge in [0.25, 0.3) is 5.91 Å². The zero-order valence-electron chi connectivity index (χ0n) is 7.64. The fraction of sp³-hybridized carbons (Fsp3) is 0.111. The van der Waals surface area contributed by atoms with Crippen molar-refractivity contribution in [2.45, 2.75) is 6.92 Å². The van der Waals surface area contributed by atoms with Gasteiger partial charge in [0.05, 0.1) is 0 Å². The molecular formula is C9H11NO3S. The maximum Gasteiger partial charge on any atom is 0.264 e. The van der Waals surface area contributed by atoms with Crippen LogP contribution in [0.15, 0.2) is 30.3 Å². The summed E-state index contributed by atoms with van der Waals surface area (Å²) in [5, 5.41) is 1.05. The fourth-order valence-corrected chi connectivity index (χ4v) is 1.34. The van der Waals surface area contributed by atoms with Crippen LogP contribution in [0.1, 0.15) is 17.3 Å². The third-order valence-electron chi connectivity index (χ3n) is 1.59. The van der Waals surface area contributed by atoms with E-state index in [-0.39, 0.29) is 0 Å². The molecule has 1 aromatic rings. The molecule has 0 heterocycles. The van der Waals surface area contributed by atoms with E-state index in [9.17, 15) is 9.00 Å². The largest absolute Gasteiger partial charge is 0.298 e. The number of carbonyl (C=O) groups excluding carboxylic acids is 1. The van der Waals surface area contributed by atoms with E-state index >= 15 is 0 Å². The maximum absolute atomic E-state index is 11.3. The molecule has 1 unspecified atom stereocenters. The standard InChI is InChI=1S/C9H11NO3S/c1-2-14(12,13)10-9(11)8-6-4-3-5-7-8/h2-7H,1H3,(H2,10,11,12,13). The molecule has 76 valence electrons. The molecule has 5 heteroatoms. The molecule has 0 saturated carbocycles. The van der Waals surface area contributed by atoms with Crippen LogP contribution in [-0.2, 0) is 9.99 Å². The molecule has 0 spiro atoms. The molecule has 0 aliphatic heterocycles. The summed E-state index contributed by atoms with van der Waals surface area (Å²) in [6.45, 7) is 1.41. The predicted molar refractivity (Wildman–Crippen MR) is 56.4 cm³/mol. The lowest BCUT2D eigenvalue weighted by Gasteiger charge is -2.05. The lowest BCUT2D eigenvalue weighted by molar-refractivity contribution is 0.0980. The van der Waals surface area contributed by atoms with Crippen LogP contribution in [0.25, 0.3) is 0 Å². The van der Waals surface area contributed by atoms with Crippen molar-refractivity contribution in [3.63, 3.8) is 0 Å². The quantitative estimate of drug-likeness (QED) is 0.718. The molecule has 14 heavy (non-hydrogen) atoms. The molecule has 2 N–H and O–H groups in total. The van der Waals surface area contributed by atoms with Gasteiger partial charge in [0.2, 0.25) is 0 Å². The van der Waals surface area contributed by atoms with Gasteiger partial charge in [-0.15, -0.1) is 0 Å². The summed E-state index contributed by atoms with van der Waals surface area (Å²) in [5.41, 5.74) is 0.358. The van der Waals surface area contributed by atoms with Crippen molar-refractivity contribution < 1.29 is 13.6 Å². The monoisotopic (exact) mass is 213 g/mol. The first kappa shape index (κ1) is 10.7. The van der Waals surface area contributed by atoms with Crippen LogP contribution in [0.5, 0.6) is 0 Å². The Balaban J connectivity index is 2.85. The van der Waals surface area contributed by atoms with Crippen LogP contribution in [0.3, 0.4) is 0 Å². The van der Waals surface area contributed by atoms with E-state index in [0.717, 1.165) is 5.37 Å².